The van der Waals surface area contributed by atoms with E-state index in [1.54, 1.807) is 24.3 Å². The normalized spacial score (nSPS) is 12.0. The van der Waals surface area contributed by atoms with Crippen LogP contribution in [0.3, 0.4) is 0 Å². The van der Waals surface area contributed by atoms with Gasteiger partial charge in [0, 0.05) is 18.7 Å². The minimum absolute atomic E-state index is 0.0146. The number of carbonyl (C=O) groups excluding carboxylic acids is 2. The van der Waals surface area contributed by atoms with Gasteiger partial charge in [0.2, 0.25) is 11.8 Å². The Morgan fingerprint density at radius 2 is 1.60 bits per heavy atom. The molecule has 0 aliphatic heterocycles. The van der Waals surface area contributed by atoms with Crippen molar-refractivity contribution in [2.75, 3.05) is 25.1 Å². The van der Waals surface area contributed by atoms with Crippen molar-refractivity contribution in [1.29, 1.82) is 0 Å². The van der Waals surface area contributed by atoms with E-state index in [1.807, 2.05) is 58.9 Å². The summed E-state index contributed by atoms with van der Waals surface area (Å²) in [6, 6.07) is 17.8. The first kappa shape index (κ1) is 32.5. The molecule has 0 spiro atoms. The summed E-state index contributed by atoms with van der Waals surface area (Å²) in [6.07, 6.45) is 0.337. The summed E-state index contributed by atoms with van der Waals surface area (Å²) in [6.45, 7) is 8.88. The molecule has 0 saturated carbocycles. The number of methoxy groups -OCH3 is 2. The van der Waals surface area contributed by atoms with Gasteiger partial charge < -0.3 is 19.7 Å². The highest BCUT2D eigenvalue weighted by Crippen LogP contribution is 2.36. The van der Waals surface area contributed by atoms with Crippen molar-refractivity contribution in [2.24, 2.45) is 0 Å². The summed E-state index contributed by atoms with van der Waals surface area (Å²) < 4.78 is 40.3. The second-order valence-electron chi connectivity index (χ2n) is 10.4. The maximum atomic E-state index is 14.3. The third-order valence-corrected chi connectivity index (χ3v) is 8.74. The van der Waals surface area contributed by atoms with Gasteiger partial charge in [0.25, 0.3) is 10.0 Å². The molecule has 1 N–H and O–H groups in total. The van der Waals surface area contributed by atoms with Crippen LogP contribution in [0.25, 0.3) is 0 Å². The molecule has 2 amide bonds. The molecule has 10 heteroatoms. The predicted molar refractivity (Wildman–Crippen MR) is 164 cm³/mol. The van der Waals surface area contributed by atoms with E-state index in [2.05, 4.69) is 5.32 Å². The molecule has 3 aromatic rings. The average molecular weight is 596 g/mol. The number of anilines is 1. The molecule has 0 aromatic heterocycles. The zero-order valence-corrected chi connectivity index (χ0v) is 26.2. The highest BCUT2D eigenvalue weighted by Gasteiger charge is 2.35. The van der Waals surface area contributed by atoms with Crippen LogP contribution in [0.15, 0.2) is 71.6 Å². The van der Waals surface area contributed by atoms with Gasteiger partial charge in [0.15, 0.2) is 0 Å². The van der Waals surface area contributed by atoms with E-state index >= 15 is 0 Å². The second-order valence-corrected chi connectivity index (χ2v) is 12.3. The van der Waals surface area contributed by atoms with Crippen molar-refractivity contribution in [3.63, 3.8) is 0 Å². The number of rotatable bonds is 13. The van der Waals surface area contributed by atoms with E-state index in [4.69, 9.17) is 9.47 Å². The summed E-state index contributed by atoms with van der Waals surface area (Å²) in [5.41, 5.74) is 2.84. The fourth-order valence-corrected chi connectivity index (χ4v) is 6.03. The Hall–Kier alpha value is -4.05. The average Bonchev–Trinajstić information content (AvgIpc) is 2.96. The van der Waals surface area contributed by atoms with Gasteiger partial charge in [-0.1, -0.05) is 48.9 Å². The number of sulfonamides is 1. The van der Waals surface area contributed by atoms with E-state index in [9.17, 15) is 18.0 Å². The first-order valence-electron chi connectivity index (χ1n) is 13.9. The zero-order chi connectivity index (χ0) is 31.0. The van der Waals surface area contributed by atoms with Gasteiger partial charge in [-0.05, 0) is 69.5 Å². The topological polar surface area (TPSA) is 105 Å². The molecule has 0 saturated heterocycles. The van der Waals surface area contributed by atoms with Crippen LogP contribution >= 0.6 is 0 Å². The number of carbonyl (C=O) groups is 2. The highest BCUT2D eigenvalue weighted by molar-refractivity contribution is 7.92. The molecule has 42 heavy (non-hydrogen) atoms. The van der Waals surface area contributed by atoms with Gasteiger partial charge in [0.05, 0.1) is 24.8 Å². The van der Waals surface area contributed by atoms with E-state index in [-0.39, 0.29) is 34.8 Å². The van der Waals surface area contributed by atoms with Gasteiger partial charge in [0.1, 0.15) is 24.1 Å². The number of nitrogens with zero attached hydrogens (tertiary/aromatic N) is 2. The summed E-state index contributed by atoms with van der Waals surface area (Å²) >= 11 is 0. The molecule has 0 heterocycles. The number of hydrogen-bond donors (Lipinski definition) is 1. The summed E-state index contributed by atoms with van der Waals surface area (Å²) in [7, 11) is -1.36. The van der Waals surface area contributed by atoms with E-state index in [0.29, 0.717) is 12.2 Å². The Balaban J connectivity index is 2.17. The van der Waals surface area contributed by atoms with E-state index in [1.165, 1.54) is 37.3 Å². The maximum Gasteiger partial charge on any atom is 0.264 e. The van der Waals surface area contributed by atoms with Crippen molar-refractivity contribution in [2.45, 2.75) is 64.6 Å². The second kappa shape index (κ2) is 14.2. The van der Waals surface area contributed by atoms with Crippen LogP contribution in [-0.4, -0.2) is 58.0 Å². The number of nitrogens with one attached hydrogen (secondary N) is 1. The lowest BCUT2D eigenvalue weighted by atomic mass is 10.1. The minimum atomic E-state index is -4.26. The van der Waals surface area contributed by atoms with Crippen molar-refractivity contribution < 1.29 is 27.5 Å². The molecule has 0 unspecified atom stereocenters. The van der Waals surface area contributed by atoms with Crippen LogP contribution in [0.5, 0.6) is 11.5 Å². The van der Waals surface area contributed by atoms with Gasteiger partial charge in [-0.2, -0.15) is 0 Å². The number of aryl methyl sites for hydroxylation is 2. The number of hydrogen-bond acceptors (Lipinski definition) is 6. The smallest absolute Gasteiger partial charge is 0.264 e. The molecule has 0 radical (unpaired) electrons. The Morgan fingerprint density at radius 1 is 0.929 bits per heavy atom. The quantitative estimate of drug-likeness (QED) is 0.303. The molecule has 226 valence electrons. The van der Waals surface area contributed by atoms with Crippen LogP contribution in [0.2, 0.25) is 0 Å². The predicted octanol–water partition coefficient (Wildman–Crippen LogP) is 4.85. The molecule has 9 nitrogen and oxygen atoms in total. The maximum absolute atomic E-state index is 14.3. The van der Waals surface area contributed by atoms with Crippen LogP contribution in [0, 0.1) is 13.8 Å². The van der Waals surface area contributed by atoms with E-state index < -0.39 is 28.5 Å². The van der Waals surface area contributed by atoms with Crippen LogP contribution < -0.4 is 19.1 Å². The lowest BCUT2D eigenvalue weighted by Crippen LogP contribution is -2.53. The summed E-state index contributed by atoms with van der Waals surface area (Å²) in [5, 5.41) is 2.91. The van der Waals surface area contributed by atoms with Crippen molar-refractivity contribution in [3.8, 4) is 11.5 Å². The molecule has 3 aromatic carbocycles. The largest absolute Gasteiger partial charge is 0.497 e. The standard InChI is InChI=1S/C32H41N3O6S/c1-8-28(32(37)33-22(2)3)34(20-25-12-10-9-11-24(25)5)31(36)21-35(29-19-26(40-6)15-18-30(29)41-7)42(38,39)27-16-13-23(4)14-17-27/h9-19,22,28H,8,20-21H2,1-7H3,(H,33,37)/t28-/m0/s1. The van der Waals surface area contributed by atoms with Crippen molar-refractivity contribution in [1.82, 2.24) is 10.2 Å². The van der Waals surface area contributed by atoms with Gasteiger partial charge in [-0.3, -0.25) is 13.9 Å². The molecule has 0 aliphatic rings. The Morgan fingerprint density at radius 3 is 2.17 bits per heavy atom. The van der Waals surface area contributed by atoms with Crippen LogP contribution in [0.4, 0.5) is 5.69 Å². The molecule has 0 fully saturated rings. The molecular weight excluding hydrogens is 554 g/mol. The van der Waals surface area contributed by atoms with Gasteiger partial charge in [-0.15, -0.1) is 0 Å². The Kier molecular flexibility index (Phi) is 11.0. The molecule has 1 atom stereocenters. The number of amides is 2. The highest BCUT2D eigenvalue weighted by atomic mass is 32.2. The summed E-state index contributed by atoms with van der Waals surface area (Å²) in [5.74, 6) is -0.206. The van der Waals surface area contributed by atoms with Crippen molar-refractivity contribution in [3.05, 3.63) is 83.4 Å². The minimum Gasteiger partial charge on any atom is -0.497 e. The Labute approximate surface area is 249 Å². The number of ether oxygens (including phenoxy) is 2. The van der Waals surface area contributed by atoms with Gasteiger partial charge >= 0.3 is 0 Å². The SMILES string of the molecule is CC[C@@H](C(=O)NC(C)C)N(Cc1ccccc1C)C(=O)CN(c1cc(OC)ccc1OC)S(=O)(=O)c1ccc(C)cc1. The van der Waals surface area contributed by atoms with Crippen LogP contribution in [-0.2, 0) is 26.2 Å². The lowest BCUT2D eigenvalue weighted by Gasteiger charge is -2.34. The zero-order valence-electron chi connectivity index (χ0n) is 25.4. The molecule has 0 bridgehead atoms. The molecule has 3 rings (SSSR count). The fourth-order valence-electron chi connectivity index (χ4n) is 4.61. The van der Waals surface area contributed by atoms with E-state index in [0.717, 1.165) is 21.0 Å². The van der Waals surface area contributed by atoms with Gasteiger partial charge in [-0.25, -0.2) is 8.42 Å². The van der Waals surface area contributed by atoms with Crippen molar-refractivity contribution >= 4 is 27.5 Å². The molecule has 0 aliphatic carbocycles. The molecular formula is C32H41N3O6S. The monoisotopic (exact) mass is 595 g/mol. The number of benzene rings is 3. The summed E-state index contributed by atoms with van der Waals surface area (Å²) in [4.78, 5) is 29.1. The fraction of sp³-hybridized carbons (Fsp3) is 0.375. The Bertz CT molecular complexity index is 1490. The first-order chi connectivity index (χ1) is 19.9. The lowest BCUT2D eigenvalue weighted by molar-refractivity contribution is -0.140. The first-order valence-corrected chi connectivity index (χ1v) is 15.3. The third-order valence-electron chi connectivity index (χ3n) is 6.96. The third kappa shape index (κ3) is 7.61. The van der Waals surface area contributed by atoms with Crippen LogP contribution in [0.1, 0.15) is 43.9 Å².